The molecule has 1 aliphatic rings. The lowest BCUT2D eigenvalue weighted by Gasteiger charge is -2.08. The van der Waals surface area contributed by atoms with E-state index in [1.165, 1.54) is 11.3 Å². The molecule has 0 radical (unpaired) electrons. The first-order valence-electron chi connectivity index (χ1n) is 8.12. The van der Waals surface area contributed by atoms with Crippen molar-refractivity contribution in [2.75, 3.05) is 0 Å². The quantitative estimate of drug-likeness (QED) is 0.520. The minimum Gasteiger partial charge on any atom is -0.267 e. The van der Waals surface area contributed by atoms with Gasteiger partial charge in [0, 0.05) is 17.0 Å². The van der Waals surface area contributed by atoms with Crippen LogP contribution >= 0.6 is 22.9 Å². The van der Waals surface area contributed by atoms with Crippen LogP contribution in [0.2, 0.25) is 4.34 Å². The van der Waals surface area contributed by atoms with Gasteiger partial charge in [0.05, 0.1) is 26.0 Å². The average Bonchev–Trinajstić information content (AvgIpc) is 3.39. The number of nitrogens with zero attached hydrogens (tertiary/aromatic N) is 2. The highest BCUT2D eigenvalue weighted by Crippen LogP contribution is 2.40. The van der Waals surface area contributed by atoms with Gasteiger partial charge in [-0.3, -0.25) is 9.78 Å². The topological polar surface area (TPSA) is 54.4 Å². The van der Waals surface area contributed by atoms with Crippen LogP contribution in [0.3, 0.4) is 0 Å². The van der Waals surface area contributed by atoms with Crippen LogP contribution in [0.25, 0.3) is 10.9 Å². The predicted octanol–water partition coefficient (Wildman–Crippen LogP) is 4.98. The lowest BCUT2D eigenvalue weighted by molar-refractivity contribution is 0.0956. The summed E-state index contributed by atoms with van der Waals surface area (Å²) < 4.78 is 0.699. The van der Waals surface area contributed by atoms with E-state index in [0.717, 1.165) is 40.0 Å². The van der Waals surface area contributed by atoms with Gasteiger partial charge in [0.1, 0.15) is 0 Å². The second-order valence-corrected chi connectivity index (χ2v) is 7.84. The molecule has 0 bridgehead atoms. The third-order valence-corrected chi connectivity index (χ3v) is 5.57. The smallest absolute Gasteiger partial charge is 0.267 e. The van der Waals surface area contributed by atoms with Crippen LogP contribution in [0.4, 0.5) is 0 Å². The Kier molecular flexibility index (Phi) is 4.27. The maximum Gasteiger partial charge on any atom is 0.272 e. The number of hydrazone groups is 1. The van der Waals surface area contributed by atoms with E-state index < -0.39 is 0 Å². The van der Waals surface area contributed by atoms with Crippen LogP contribution in [0.5, 0.6) is 0 Å². The molecule has 4 rings (SSSR count). The summed E-state index contributed by atoms with van der Waals surface area (Å²) in [7, 11) is 0. The number of carbonyl (C=O) groups is 1. The van der Waals surface area contributed by atoms with Gasteiger partial charge in [0.2, 0.25) is 0 Å². The van der Waals surface area contributed by atoms with Crippen LogP contribution in [-0.4, -0.2) is 16.6 Å². The normalized spacial score (nSPS) is 14.7. The molecule has 1 N–H and O–H groups in total. The average molecular weight is 370 g/mol. The van der Waals surface area contributed by atoms with Crippen LogP contribution in [0.15, 0.2) is 47.6 Å². The van der Waals surface area contributed by atoms with Gasteiger partial charge in [0.25, 0.3) is 5.91 Å². The number of amides is 1. The molecule has 0 spiro atoms. The molecule has 4 nitrogen and oxygen atoms in total. The first-order chi connectivity index (χ1) is 12.1. The lowest BCUT2D eigenvalue weighted by atomic mass is 10.1. The summed E-state index contributed by atoms with van der Waals surface area (Å²) in [6.45, 7) is 1.85. The standard InChI is InChI=1S/C19H16ClN3OS/c1-11(17-8-9-18(20)25-17)22-23-19(24)14-10-16(12-6-7-12)21-15-5-3-2-4-13(14)15/h2-5,8-10,12H,6-7H2,1H3,(H,23,24)/b22-11+. The Balaban J connectivity index is 1.65. The van der Waals surface area contributed by atoms with Crippen molar-refractivity contribution >= 4 is 45.5 Å². The molecule has 126 valence electrons. The van der Waals surface area contributed by atoms with E-state index >= 15 is 0 Å². The van der Waals surface area contributed by atoms with E-state index in [4.69, 9.17) is 16.6 Å². The Morgan fingerprint density at radius 1 is 1.28 bits per heavy atom. The molecule has 3 aromatic rings. The third kappa shape index (κ3) is 3.43. The maximum atomic E-state index is 12.7. The van der Waals surface area contributed by atoms with Crippen molar-refractivity contribution in [3.63, 3.8) is 0 Å². The summed E-state index contributed by atoms with van der Waals surface area (Å²) in [6.07, 6.45) is 2.28. The van der Waals surface area contributed by atoms with Gasteiger partial charge in [-0.05, 0) is 44.0 Å². The molecular weight excluding hydrogens is 354 g/mol. The van der Waals surface area contributed by atoms with Gasteiger partial charge in [0.15, 0.2) is 0 Å². The summed E-state index contributed by atoms with van der Waals surface area (Å²) in [5.74, 6) is 0.261. The molecule has 0 unspecified atom stereocenters. The first kappa shape index (κ1) is 16.2. The third-order valence-electron chi connectivity index (χ3n) is 4.23. The zero-order chi connectivity index (χ0) is 17.4. The first-order valence-corrected chi connectivity index (χ1v) is 9.31. The van der Waals surface area contributed by atoms with Gasteiger partial charge in [-0.1, -0.05) is 29.8 Å². The van der Waals surface area contributed by atoms with E-state index in [1.54, 1.807) is 0 Å². The number of fused-ring (bicyclic) bond motifs is 1. The second kappa shape index (κ2) is 6.58. The van der Waals surface area contributed by atoms with Gasteiger partial charge in [-0.2, -0.15) is 5.10 Å². The Morgan fingerprint density at radius 3 is 2.80 bits per heavy atom. The molecule has 1 aliphatic carbocycles. The number of halogens is 1. The van der Waals surface area contributed by atoms with Crippen molar-refractivity contribution in [2.24, 2.45) is 5.10 Å². The number of nitrogens with one attached hydrogen (secondary N) is 1. The molecule has 1 aromatic carbocycles. The molecule has 0 atom stereocenters. The molecule has 1 saturated carbocycles. The van der Waals surface area contributed by atoms with E-state index in [0.29, 0.717) is 15.8 Å². The summed E-state index contributed by atoms with van der Waals surface area (Å²) in [5, 5.41) is 5.07. The number of aromatic nitrogens is 1. The Morgan fingerprint density at radius 2 is 2.08 bits per heavy atom. The summed E-state index contributed by atoms with van der Waals surface area (Å²) in [6, 6.07) is 13.3. The zero-order valence-electron chi connectivity index (χ0n) is 13.6. The molecule has 0 aliphatic heterocycles. The fraction of sp³-hybridized carbons (Fsp3) is 0.211. The van der Waals surface area contributed by atoms with Crippen molar-refractivity contribution in [1.82, 2.24) is 10.4 Å². The highest BCUT2D eigenvalue weighted by molar-refractivity contribution is 7.18. The van der Waals surface area contributed by atoms with Gasteiger partial charge < -0.3 is 0 Å². The largest absolute Gasteiger partial charge is 0.272 e. The fourth-order valence-corrected chi connectivity index (χ4v) is 3.72. The maximum absolute atomic E-state index is 12.7. The highest BCUT2D eigenvalue weighted by Gasteiger charge is 2.26. The van der Waals surface area contributed by atoms with Crippen molar-refractivity contribution in [3.05, 3.63) is 62.9 Å². The summed E-state index contributed by atoms with van der Waals surface area (Å²) >= 11 is 7.38. The van der Waals surface area contributed by atoms with Crippen molar-refractivity contribution in [1.29, 1.82) is 0 Å². The number of hydrogen-bond donors (Lipinski definition) is 1. The monoisotopic (exact) mass is 369 g/mol. The minimum absolute atomic E-state index is 0.220. The van der Waals surface area contributed by atoms with Crippen LogP contribution < -0.4 is 5.43 Å². The number of carbonyl (C=O) groups excluding carboxylic acids is 1. The lowest BCUT2D eigenvalue weighted by Crippen LogP contribution is -2.20. The molecule has 0 saturated heterocycles. The Labute approximate surface area is 154 Å². The van der Waals surface area contributed by atoms with Gasteiger partial charge >= 0.3 is 0 Å². The summed E-state index contributed by atoms with van der Waals surface area (Å²) in [5.41, 5.74) is 5.86. The highest BCUT2D eigenvalue weighted by atomic mass is 35.5. The SMILES string of the molecule is C/C(=N\NC(=O)c1cc(C2CC2)nc2ccccc12)c1ccc(Cl)s1. The Bertz CT molecular complexity index is 991. The molecule has 25 heavy (non-hydrogen) atoms. The van der Waals surface area contributed by atoms with E-state index in [-0.39, 0.29) is 5.91 Å². The Hall–Kier alpha value is -2.24. The van der Waals surface area contributed by atoms with E-state index in [9.17, 15) is 4.79 Å². The van der Waals surface area contributed by atoms with Gasteiger partial charge in [-0.15, -0.1) is 11.3 Å². The van der Waals surface area contributed by atoms with Crippen molar-refractivity contribution < 1.29 is 4.79 Å². The van der Waals surface area contributed by atoms with Crippen molar-refractivity contribution in [2.45, 2.75) is 25.7 Å². The molecule has 6 heteroatoms. The van der Waals surface area contributed by atoms with Gasteiger partial charge in [-0.25, -0.2) is 5.43 Å². The number of pyridine rings is 1. The predicted molar refractivity (Wildman–Crippen MR) is 103 cm³/mol. The zero-order valence-corrected chi connectivity index (χ0v) is 15.2. The molecular formula is C19H16ClN3OS. The minimum atomic E-state index is -0.220. The second-order valence-electron chi connectivity index (χ2n) is 6.13. The molecule has 1 fully saturated rings. The number of para-hydroxylation sites is 1. The molecule has 2 heterocycles. The number of rotatable bonds is 4. The molecule has 1 amide bonds. The van der Waals surface area contributed by atoms with E-state index in [1.807, 2.05) is 49.4 Å². The van der Waals surface area contributed by atoms with Crippen LogP contribution in [0.1, 0.15) is 46.6 Å². The number of hydrogen-bond acceptors (Lipinski definition) is 4. The van der Waals surface area contributed by atoms with E-state index in [2.05, 4.69) is 10.5 Å². The van der Waals surface area contributed by atoms with Crippen molar-refractivity contribution in [3.8, 4) is 0 Å². The number of benzene rings is 1. The number of thiophene rings is 1. The fourth-order valence-electron chi connectivity index (χ4n) is 2.73. The summed E-state index contributed by atoms with van der Waals surface area (Å²) in [4.78, 5) is 18.4. The van der Waals surface area contributed by atoms with Crippen LogP contribution in [0, 0.1) is 0 Å². The van der Waals surface area contributed by atoms with Crippen LogP contribution in [-0.2, 0) is 0 Å². The molecule has 2 aromatic heterocycles.